The Bertz CT molecular complexity index is 838. The van der Waals surface area contributed by atoms with Gasteiger partial charge in [0.25, 0.3) is 0 Å². The maximum absolute atomic E-state index is 5.98. The Morgan fingerprint density at radius 3 is 2.76 bits per heavy atom. The Labute approximate surface area is 151 Å². The van der Waals surface area contributed by atoms with E-state index in [4.69, 9.17) is 20.9 Å². The van der Waals surface area contributed by atoms with Gasteiger partial charge in [-0.15, -0.1) is 0 Å². The second-order valence-electron chi connectivity index (χ2n) is 6.27. The van der Waals surface area contributed by atoms with Gasteiger partial charge in [-0.25, -0.2) is 0 Å². The number of hydrogen-bond acceptors (Lipinski definition) is 5. The van der Waals surface area contributed by atoms with Gasteiger partial charge >= 0.3 is 0 Å². The van der Waals surface area contributed by atoms with Gasteiger partial charge in [-0.05, 0) is 42.9 Å². The Hall–Kier alpha value is -2.37. The highest BCUT2D eigenvalue weighted by atomic mass is 35.5. The van der Waals surface area contributed by atoms with Crippen molar-refractivity contribution in [1.82, 2.24) is 15.0 Å². The molecule has 1 aliphatic heterocycles. The lowest BCUT2D eigenvalue weighted by Gasteiger charge is -2.18. The predicted molar refractivity (Wildman–Crippen MR) is 95.6 cm³/mol. The van der Waals surface area contributed by atoms with Crippen LogP contribution in [-0.4, -0.2) is 34.7 Å². The number of halogens is 1. The van der Waals surface area contributed by atoms with E-state index in [2.05, 4.69) is 21.1 Å². The number of aromatic nitrogens is 2. The average molecular weight is 356 g/mol. The molecule has 1 unspecified atom stereocenters. The smallest absolute Gasteiger partial charge is 0.241 e. The van der Waals surface area contributed by atoms with Crippen molar-refractivity contribution in [3.05, 3.63) is 65.0 Å². The molecule has 1 atom stereocenters. The van der Waals surface area contributed by atoms with Crippen LogP contribution in [-0.2, 0) is 13.0 Å². The van der Waals surface area contributed by atoms with Crippen molar-refractivity contribution in [2.24, 2.45) is 0 Å². The van der Waals surface area contributed by atoms with E-state index in [1.807, 2.05) is 49.5 Å². The van der Waals surface area contributed by atoms with Gasteiger partial charge < -0.3 is 9.26 Å². The first-order chi connectivity index (χ1) is 12.2. The number of likely N-dealkylation sites (N-methyl/N-ethyl adjacent to an activating group) is 1. The summed E-state index contributed by atoms with van der Waals surface area (Å²) in [5, 5.41) is 4.73. The summed E-state index contributed by atoms with van der Waals surface area (Å²) in [7, 11) is 2.03. The molecule has 2 aromatic carbocycles. The summed E-state index contributed by atoms with van der Waals surface area (Å²) in [5.74, 6) is 2.15. The molecule has 0 radical (unpaired) electrons. The zero-order valence-electron chi connectivity index (χ0n) is 13.9. The van der Waals surface area contributed by atoms with Crippen molar-refractivity contribution >= 4 is 11.6 Å². The summed E-state index contributed by atoms with van der Waals surface area (Å²) >= 11 is 5.90. The van der Waals surface area contributed by atoms with E-state index in [-0.39, 0.29) is 6.10 Å². The van der Waals surface area contributed by atoms with E-state index < -0.39 is 0 Å². The van der Waals surface area contributed by atoms with Crippen LogP contribution in [0, 0.1) is 0 Å². The van der Waals surface area contributed by atoms with Crippen molar-refractivity contribution in [3.63, 3.8) is 0 Å². The number of ether oxygens (including phenoxy) is 1. The van der Waals surface area contributed by atoms with Crippen LogP contribution in [0.15, 0.2) is 53.1 Å². The summed E-state index contributed by atoms with van der Waals surface area (Å²) in [6.45, 7) is 1.38. The van der Waals surface area contributed by atoms with Crippen LogP contribution in [0.25, 0.3) is 11.4 Å². The quantitative estimate of drug-likeness (QED) is 0.696. The minimum Gasteiger partial charge on any atom is -0.488 e. The molecule has 4 rings (SSSR count). The van der Waals surface area contributed by atoms with Crippen molar-refractivity contribution in [3.8, 4) is 17.1 Å². The monoisotopic (exact) mass is 355 g/mol. The molecular formula is C19H18ClN3O2. The maximum Gasteiger partial charge on any atom is 0.241 e. The molecule has 0 fully saturated rings. The van der Waals surface area contributed by atoms with Crippen molar-refractivity contribution in [2.75, 3.05) is 13.6 Å². The van der Waals surface area contributed by atoms with Crippen LogP contribution in [0.1, 0.15) is 11.5 Å². The summed E-state index contributed by atoms with van der Waals surface area (Å²) in [5.41, 5.74) is 2.15. The normalized spacial score (nSPS) is 16.0. The molecule has 1 aliphatic rings. The fourth-order valence-electron chi connectivity index (χ4n) is 3.03. The van der Waals surface area contributed by atoms with Gasteiger partial charge in [0, 0.05) is 23.6 Å². The molecule has 0 aliphatic carbocycles. The number of fused-ring (bicyclic) bond motifs is 1. The van der Waals surface area contributed by atoms with E-state index >= 15 is 0 Å². The lowest BCUT2D eigenvalue weighted by Crippen LogP contribution is -2.31. The summed E-state index contributed by atoms with van der Waals surface area (Å²) in [4.78, 5) is 6.60. The number of hydrogen-bond donors (Lipinski definition) is 0. The van der Waals surface area contributed by atoms with Crippen molar-refractivity contribution < 1.29 is 9.26 Å². The number of nitrogens with zero attached hydrogens (tertiary/aromatic N) is 3. The van der Waals surface area contributed by atoms with Gasteiger partial charge in [0.05, 0.1) is 6.54 Å². The van der Waals surface area contributed by atoms with Crippen molar-refractivity contribution in [2.45, 2.75) is 19.1 Å². The van der Waals surface area contributed by atoms with Gasteiger partial charge in [-0.1, -0.05) is 35.0 Å². The lowest BCUT2D eigenvalue weighted by atomic mass is 10.1. The van der Waals surface area contributed by atoms with Crippen molar-refractivity contribution in [1.29, 1.82) is 0 Å². The maximum atomic E-state index is 5.98. The second kappa shape index (κ2) is 6.86. The third kappa shape index (κ3) is 3.67. The van der Waals surface area contributed by atoms with Gasteiger partial charge in [-0.3, -0.25) is 4.90 Å². The van der Waals surface area contributed by atoms with Crippen LogP contribution in [0.4, 0.5) is 0 Å². The van der Waals surface area contributed by atoms with Crippen LogP contribution in [0.2, 0.25) is 5.02 Å². The van der Waals surface area contributed by atoms with Crippen LogP contribution in [0.5, 0.6) is 5.75 Å². The summed E-state index contributed by atoms with van der Waals surface area (Å²) in [6, 6.07) is 15.6. The SMILES string of the molecule is CN(Cc1nc(-c2ccc(Cl)cc2)no1)CC1Cc2ccccc2O1. The van der Waals surface area contributed by atoms with E-state index in [1.165, 1.54) is 5.56 Å². The Morgan fingerprint density at radius 2 is 1.96 bits per heavy atom. The highest BCUT2D eigenvalue weighted by molar-refractivity contribution is 6.30. The largest absolute Gasteiger partial charge is 0.488 e. The molecule has 0 bridgehead atoms. The third-order valence-corrected chi connectivity index (χ3v) is 4.46. The molecule has 0 spiro atoms. The standard InChI is InChI=1S/C19H18ClN3O2/c1-23(11-16-10-14-4-2-3-5-17(14)24-16)12-18-21-19(22-25-18)13-6-8-15(20)9-7-13/h2-9,16H,10-12H2,1H3. The topological polar surface area (TPSA) is 51.4 Å². The third-order valence-electron chi connectivity index (χ3n) is 4.20. The van der Waals surface area contributed by atoms with E-state index in [1.54, 1.807) is 0 Å². The second-order valence-corrected chi connectivity index (χ2v) is 6.70. The Morgan fingerprint density at radius 1 is 1.16 bits per heavy atom. The predicted octanol–water partition coefficient (Wildman–Crippen LogP) is 3.83. The summed E-state index contributed by atoms with van der Waals surface area (Å²) in [6.07, 6.45) is 1.08. The van der Waals surface area contributed by atoms with Gasteiger partial charge in [0.15, 0.2) is 0 Å². The zero-order chi connectivity index (χ0) is 17.2. The minimum absolute atomic E-state index is 0.154. The first-order valence-corrected chi connectivity index (χ1v) is 8.57. The molecule has 0 saturated heterocycles. The number of rotatable bonds is 5. The number of para-hydroxylation sites is 1. The molecular weight excluding hydrogens is 338 g/mol. The molecule has 6 heteroatoms. The van der Waals surface area contributed by atoms with Gasteiger partial charge in [0.1, 0.15) is 11.9 Å². The Kier molecular flexibility index (Phi) is 4.42. The first kappa shape index (κ1) is 16.1. The average Bonchev–Trinajstić information content (AvgIpc) is 3.21. The fourth-order valence-corrected chi connectivity index (χ4v) is 3.16. The highest BCUT2D eigenvalue weighted by Crippen LogP contribution is 2.28. The van der Waals surface area contributed by atoms with E-state index in [0.29, 0.717) is 23.3 Å². The van der Waals surface area contributed by atoms with Crippen LogP contribution < -0.4 is 4.74 Å². The number of benzene rings is 2. The molecule has 5 nitrogen and oxygen atoms in total. The molecule has 0 saturated carbocycles. The molecule has 3 aromatic rings. The van der Waals surface area contributed by atoms with Crippen LogP contribution >= 0.6 is 11.6 Å². The van der Waals surface area contributed by atoms with E-state index in [0.717, 1.165) is 24.3 Å². The minimum atomic E-state index is 0.154. The van der Waals surface area contributed by atoms with Gasteiger partial charge in [-0.2, -0.15) is 4.98 Å². The van der Waals surface area contributed by atoms with E-state index in [9.17, 15) is 0 Å². The fraction of sp³-hybridized carbons (Fsp3) is 0.263. The molecule has 0 N–H and O–H groups in total. The first-order valence-electron chi connectivity index (χ1n) is 8.19. The van der Waals surface area contributed by atoms with Gasteiger partial charge in [0.2, 0.25) is 11.7 Å². The lowest BCUT2D eigenvalue weighted by molar-refractivity contribution is 0.155. The Balaban J connectivity index is 1.36. The molecule has 25 heavy (non-hydrogen) atoms. The summed E-state index contributed by atoms with van der Waals surface area (Å²) < 4.78 is 11.3. The molecule has 128 valence electrons. The molecule has 0 amide bonds. The zero-order valence-corrected chi connectivity index (χ0v) is 14.6. The molecule has 1 aromatic heterocycles. The van der Waals surface area contributed by atoms with Crippen LogP contribution in [0.3, 0.4) is 0 Å². The highest BCUT2D eigenvalue weighted by Gasteiger charge is 2.24. The molecule has 2 heterocycles.